The van der Waals surface area contributed by atoms with Crippen LogP contribution in [-0.4, -0.2) is 28.0 Å². The first kappa shape index (κ1) is 16.8. The fourth-order valence-corrected chi connectivity index (χ4v) is 3.35. The maximum Gasteiger partial charge on any atom is 0.316 e. The lowest BCUT2D eigenvalue weighted by Gasteiger charge is -2.06. The number of anilines is 2. The second-order valence-corrected chi connectivity index (χ2v) is 7.34. The Bertz CT molecular complexity index is 656. The highest BCUT2D eigenvalue weighted by Crippen LogP contribution is 2.29. The van der Waals surface area contributed by atoms with Gasteiger partial charge in [0.1, 0.15) is 0 Å². The van der Waals surface area contributed by atoms with Crippen LogP contribution in [0.3, 0.4) is 0 Å². The Kier molecular flexibility index (Phi) is 5.79. The van der Waals surface area contributed by atoms with E-state index in [1.807, 2.05) is 32.9 Å². The minimum atomic E-state index is -0.237. The molecule has 1 N–H and O–H groups in total. The van der Waals surface area contributed by atoms with Crippen LogP contribution in [-0.2, 0) is 9.53 Å². The lowest BCUT2D eigenvalue weighted by Crippen LogP contribution is -2.13. The molecule has 1 heterocycles. The van der Waals surface area contributed by atoms with Crippen LogP contribution in [0.4, 0.5) is 10.8 Å². The number of hydrogen-bond acceptors (Lipinski definition) is 7. The molecule has 0 aliphatic carbocycles. The standard InChI is InChI=1S/C15H19N3O2S2/c1-9(2)20-13(19)8-21-15-18-17-14(22-15)16-12-6-5-10(3)7-11(12)4/h5-7,9H,8H2,1-4H3,(H,16,17). The van der Waals surface area contributed by atoms with Crippen LogP contribution < -0.4 is 5.32 Å². The van der Waals surface area contributed by atoms with Gasteiger partial charge < -0.3 is 10.1 Å². The summed E-state index contributed by atoms with van der Waals surface area (Å²) in [4.78, 5) is 11.5. The summed E-state index contributed by atoms with van der Waals surface area (Å²) in [5.41, 5.74) is 3.39. The molecule has 118 valence electrons. The van der Waals surface area contributed by atoms with Crippen LogP contribution in [0, 0.1) is 13.8 Å². The van der Waals surface area contributed by atoms with Gasteiger partial charge in [-0.1, -0.05) is 40.8 Å². The summed E-state index contributed by atoms with van der Waals surface area (Å²) >= 11 is 2.76. The van der Waals surface area contributed by atoms with Crippen LogP contribution >= 0.6 is 23.1 Å². The second kappa shape index (κ2) is 7.60. The van der Waals surface area contributed by atoms with E-state index < -0.39 is 0 Å². The monoisotopic (exact) mass is 337 g/mol. The first-order chi connectivity index (χ1) is 10.4. The van der Waals surface area contributed by atoms with Gasteiger partial charge in [0.05, 0.1) is 11.9 Å². The summed E-state index contributed by atoms with van der Waals surface area (Å²) in [5, 5.41) is 12.1. The van der Waals surface area contributed by atoms with Gasteiger partial charge in [0.15, 0.2) is 4.34 Å². The van der Waals surface area contributed by atoms with E-state index in [9.17, 15) is 4.79 Å². The lowest BCUT2D eigenvalue weighted by atomic mass is 10.1. The zero-order valence-electron chi connectivity index (χ0n) is 13.0. The van der Waals surface area contributed by atoms with E-state index >= 15 is 0 Å². The Balaban J connectivity index is 1.92. The molecule has 22 heavy (non-hydrogen) atoms. The molecule has 5 nitrogen and oxygen atoms in total. The number of esters is 1. The third-order valence-electron chi connectivity index (χ3n) is 2.71. The minimum absolute atomic E-state index is 0.0933. The molecule has 2 aromatic rings. The topological polar surface area (TPSA) is 64.1 Å². The van der Waals surface area contributed by atoms with Crippen LogP contribution in [0.25, 0.3) is 0 Å². The maximum atomic E-state index is 11.5. The van der Waals surface area contributed by atoms with E-state index in [-0.39, 0.29) is 17.8 Å². The summed E-state index contributed by atoms with van der Waals surface area (Å²) in [7, 11) is 0. The molecule has 1 aromatic heterocycles. The number of nitrogens with zero attached hydrogens (tertiary/aromatic N) is 2. The molecule has 1 aromatic carbocycles. The summed E-state index contributed by atoms with van der Waals surface area (Å²) in [6, 6.07) is 6.19. The number of aromatic nitrogens is 2. The molecule has 0 aliphatic rings. The summed E-state index contributed by atoms with van der Waals surface area (Å²) in [6.07, 6.45) is -0.0933. The Labute approximate surface area is 138 Å². The van der Waals surface area contributed by atoms with Crippen molar-refractivity contribution in [2.24, 2.45) is 0 Å². The summed E-state index contributed by atoms with van der Waals surface area (Å²) < 4.78 is 5.83. The molecule has 0 spiro atoms. The minimum Gasteiger partial charge on any atom is -0.462 e. The number of benzene rings is 1. The molecule has 0 unspecified atom stereocenters. The Morgan fingerprint density at radius 1 is 1.36 bits per heavy atom. The quantitative estimate of drug-likeness (QED) is 0.636. The molecule has 7 heteroatoms. The molecular weight excluding hydrogens is 318 g/mol. The first-order valence-corrected chi connectivity index (χ1v) is 8.74. The van der Waals surface area contributed by atoms with Gasteiger partial charge in [-0.2, -0.15) is 0 Å². The van der Waals surface area contributed by atoms with E-state index in [1.54, 1.807) is 0 Å². The fraction of sp³-hybridized carbons (Fsp3) is 0.400. The predicted octanol–water partition coefficient (Wildman–Crippen LogP) is 3.94. The molecular formula is C15H19N3O2S2. The highest BCUT2D eigenvalue weighted by atomic mass is 32.2. The number of hydrogen-bond donors (Lipinski definition) is 1. The molecule has 0 radical (unpaired) electrons. The molecule has 2 rings (SSSR count). The third kappa shape index (κ3) is 4.99. The number of ether oxygens (including phenoxy) is 1. The van der Waals surface area contributed by atoms with Gasteiger partial charge in [-0.25, -0.2) is 0 Å². The highest BCUT2D eigenvalue weighted by Gasteiger charge is 2.11. The van der Waals surface area contributed by atoms with Crippen LogP contribution in [0.1, 0.15) is 25.0 Å². The molecule has 0 bridgehead atoms. The zero-order chi connectivity index (χ0) is 16.1. The van der Waals surface area contributed by atoms with Crippen molar-refractivity contribution < 1.29 is 9.53 Å². The molecule has 0 amide bonds. The zero-order valence-corrected chi connectivity index (χ0v) is 14.7. The van der Waals surface area contributed by atoms with E-state index in [0.717, 1.165) is 15.6 Å². The van der Waals surface area contributed by atoms with Crippen molar-refractivity contribution in [2.75, 3.05) is 11.1 Å². The predicted molar refractivity (Wildman–Crippen MR) is 91.1 cm³/mol. The second-order valence-electron chi connectivity index (χ2n) is 5.14. The number of rotatable bonds is 6. The lowest BCUT2D eigenvalue weighted by molar-refractivity contribution is -0.144. The average molecular weight is 337 g/mol. The van der Waals surface area contributed by atoms with Gasteiger partial charge in [0.2, 0.25) is 5.13 Å². The smallest absolute Gasteiger partial charge is 0.316 e. The largest absolute Gasteiger partial charge is 0.462 e. The van der Waals surface area contributed by atoms with Gasteiger partial charge in [-0.3, -0.25) is 4.79 Å². The number of nitrogens with one attached hydrogen (secondary N) is 1. The molecule has 0 saturated carbocycles. The van der Waals surface area contributed by atoms with Crippen molar-refractivity contribution in [1.29, 1.82) is 0 Å². The van der Waals surface area contributed by atoms with Crippen molar-refractivity contribution in [3.05, 3.63) is 29.3 Å². The average Bonchev–Trinajstić information content (AvgIpc) is 2.87. The molecule has 0 fully saturated rings. The van der Waals surface area contributed by atoms with Crippen molar-refractivity contribution in [2.45, 2.75) is 38.1 Å². The van der Waals surface area contributed by atoms with E-state index in [2.05, 4.69) is 28.5 Å². The summed E-state index contributed by atoms with van der Waals surface area (Å²) in [5.74, 6) is 0.00945. The van der Waals surface area contributed by atoms with Gasteiger partial charge in [0.25, 0.3) is 0 Å². The molecule has 0 aliphatic heterocycles. The van der Waals surface area contributed by atoms with Crippen LogP contribution in [0.15, 0.2) is 22.5 Å². The molecule has 0 atom stereocenters. The van der Waals surface area contributed by atoms with Crippen molar-refractivity contribution in [3.63, 3.8) is 0 Å². The third-order valence-corrected chi connectivity index (χ3v) is 4.66. The van der Waals surface area contributed by atoms with Crippen molar-refractivity contribution in [1.82, 2.24) is 10.2 Å². The van der Waals surface area contributed by atoms with Gasteiger partial charge in [-0.15, -0.1) is 10.2 Å². The number of aryl methyl sites for hydroxylation is 2. The summed E-state index contributed by atoms with van der Waals surface area (Å²) in [6.45, 7) is 7.78. The SMILES string of the molecule is Cc1ccc(Nc2nnc(SCC(=O)OC(C)C)s2)c(C)c1. The Hall–Kier alpha value is -1.60. The van der Waals surface area contributed by atoms with Crippen molar-refractivity contribution in [3.8, 4) is 0 Å². The number of carbonyl (C=O) groups is 1. The van der Waals surface area contributed by atoms with Gasteiger partial charge in [-0.05, 0) is 39.3 Å². The fourth-order valence-electron chi connectivity index (χ4n) is 1.81. The van der Waals surface area contributed by atoms with Crippen molar-refractivity contribution >= 4 is 39.9 Å². The molecule has 0 saturated heterocycles. The van der Waals surface area contributed by atoms with Gasteiger partial charge in [0, 0.05) is 5.69 Å². The van der Waals surface area contributed by atoms with Gasteiger partial charge >= 0.3 is 5.97 Å². The van der Waals surface area contributed by atoms with Crippen LogP contribution in [0.5, 0.6) is 0 Å². The van der Waals surface area contributed by atoms with Crippen LogP contribution in [0.2, 0.25) is 0 Å². The van der Waals surface area contributed by atoms with E-state index in [0.29, 0.717) is 5.13 Å². The van der Waals surface area contributed by atoms with E-state index in [4.69, 9.17) is 4.74 Å². The number of carbonyl (C=O) groups excluding carboxylic acids is 1. The maximum absolute atomic E-state index is 11.5. The Morgan fingerprint density at radius 3 is 2.82 bits per heavy atom. The Morgan fingerprint density at radius 2 is 2.14 bits per heavy atom. The highest BCUT2D eigenvalue weighted by molar-refractivity contribution is 8.01. The first-order valence-electron chi connectivity index (χ1n) is 6.94. The normalized spacial score (nSPS) is 10.8. The van der Waals surface area contributed by atoms with E-state index in [1.165, 1.54) is 28.7 Å². The number of thioether (sulfide) groups is 1.